The van der Waals surface area contributed by atoms with Gasteiger partial charge in [-0.05, 0) is 31.5 Å². The van der Waals surface area contributed by atoms with Gasteiger partial charge in [0.15, 0.2) is 17.3 Å². The molecule has 120 valence electrons. The summed E-state index contributed by atoms with van der Waals surface area (Å²) < 4.78 is 11.2. The highest BCUT2D eigenvalue weighted by Gasteiger charge is 2.17. The molecule has 0 aliphatic carbocycles. The van der Waals surface area contributed by atoms with Crippen LogP contribution < -0.4 is 15.2 Å². The second-order valence-corrected chi connectivity index (χ2v) is 5.28. The summed E-state index contributed by atoms with van der Waals surface area (Å²) in [6.45, 7) is 9.13. The van der Waals surface area contributed by atoms with E-state index >= 15 is 0 Å². The first-order chi connectivity index (χ1) is 10.6. The van der Waals surface area contributed by atoms with Crippen LogP contribution in [-0.2, 0) is 0 Å². The lowest BCUT2D eigenvalue weighted by molar-refractivity contribution is 0.287. The van der Waals surface area contributed by atoms with Crippen LogP contribution >= 0.6 is 0 Å². The van der Waals surface area contributed by atoms with Gasteiger partial charge < -0.3 is 15.2 Å². The number of hydrogen-bond acceptors (Lipinski definition) is 5. The Kier molecular flexibility index (Phi) is 5.38. The molecule has 0 aliphatic rings. The molecule has 0 saturated carbocycles. The summed E-state index contributed by atoms with van der Waals surface area (Å²) in [6, 6.07) is 5.32. The number of nitrogens with one attached hydrogen (secondary N) is 1. The first kappa shape index (κ1) is 16.3. The predicted octanol–water partition coefficient (Wildman–Crippen LogP) is 2.77. The molecule has 0 fully saturated rings. The Morgan fingerprint density at radius 3 is 2.41 bits per heavy atom. The first-order valence-electron chi connectivity index (χ1n) is 7.64. The van der Waals surface area contributed by atoms with Gasteiger partial charge in [0.05, 0.1) is 19.3 Å². The van der Waals surface area contributed by atoms with Crippen molar-refractivity contribution >= 4 is 0 Å². The normalized spacial score (nSPS) is 12.5. The van der Waals surface area contributed by atoms with Crippen LogP contribution in [0.15, 0.2) is 18.2 Å². The number of ether oxygens (including phenoxy) is 2. The summed E-state index contributed by atoms with van der Waals surface area (Å²) >= 11 is 0. The zero-order chi connectivity index (χ0) is 16.1. The van der Waals surface area contributed by atoms with Gasteiger partial charge in [0.1, 0.15) is 5.82 Å². The molecule has 6 heteroatoms. The van der Waals surface area contributed by atoms with Gasteiger partial charge in [0, 0.05) is 5.92 Å². The zero-order valence-corrected chi connectivity index (χ0v) is 13.6. The fraction of sp³-hybridized carbons (Fsp3) is 0.500. The van der Waals surface area contributed by atoms with Crippen LogP contribution in [0, 0.1) is 0 Å². The molecule has 6 nitrogen and oxygen atoms in total. The lowest BCUT2D eigenvalue weighted by Gasteiger charge is -2.14. The van der Waals surface area contributed by atoms with Crippen LogP contribution in [0.4, 0.5) is 0 Å². The van der Waals surface area contributed by atoms with Crippen molar-refractivity contribution in [2.24, 2.45) is 5.73 Å². The highest BCUT2D eigenvalue weighted by Crippen LogP contribution is 2.31. The molecule has 3 N–H and O–H groups in total. The topological polar surface area (TPSA) is 86.0 Å². The molecule has 22 heavy (non-hydrogen) atoms. The summed E-state index contributed by atoms with van der Waals surface area (Å²) in [5.74, 6) is 3.09. The molecule has 0 saturated heterocycles. The smallest absolute Gasteiger partial charge is 0.161 e. The molecule has 1 atom stereocenters. The van der Waals surface area contributed by atoms with Crippen LogP contribution in [-0.4, -0.2) is 28.4 Å². The minimum absolute atomic E-state index is 0.261. The third-order valence-corrected chi connectivity index (χ3v) is 3.26. The fourth-order valence-electron chi connectivity index (χ4n) is 2.10. The van der Waals surface area contributed by atoms with E-state index in [1.807, 2.05) is 45.9 Å². The van der Waals surface area contributed by atoms with E-state index in [-0.39, 0.29) is 12.0 Å². The van der Waals surface area contributed by atoms with Crippen molar-refractivity contribution < 1.29 is 9.47 Å². The van der Waals surface area contributed by atoms with Crippen LogP contribution in [0.1, 0.15) is 56.9 Å². The highest BCUT2D eigenvalue weighted by molar-refractivity contribution is 5.44. The Balaban J connectivity index is 2.28. The van der Waals surface area contributed by atoms with Gasteiger partial charge in [-0.25, -0.2) is 4.98 Å². The fourth-order valence-corrected chi connectivity index (χ4v) is 2.10. The molecule has 1 heterocycles. The van der Waals surface area contributed by atoms with E-state index in [2.05, 4.69) is 15.2 Å². The molecular weight excluding hydrogens is 280 g/mol. The summed E-state index contributed by atoms with van der Waals surface area (Å²) in [7, 11) is 0. The first-order valence-corrected chi connectivity index (χ1v) is 7.64. The Hall–Kier alpha value is -2.08. The summed E-state index contributed by atoms with van der Waals surface area (Å²) in [6.07, 6.45) is 0. The maximum Gasteiger partial charge on any atom is 0.161 e. The second-order valence-electron chi connectivity index (χ2n) is 5.28. The molecule has 0 spiro atoms. The summed E-state index contributed by atoms with van der Waals surface area (Å²) in [5.41, 5.74) is 7.19. The van der Waals surface area contributed by atoms with Crippen LogP contribution in [0.3, 0.4) is 0 Å². The molecule has 0 bridgehead atoms. The minimum Gasteiger partial charge on any atom is -0.490 e. The van der Waals surface area contributed by atoms with Gasteiger partial charge in [-0.3, -0.25) is 5.10 Å². The van der Waals surface area contributed by atoms with Crippen LogP contribution in [0.5, 0.6) is 11.5 Å². The van der Waals surface area contributed by atoms with Gasteiger partial charge in [-0.2, -0.15) is 5.10 Å². The van der Waals surface area contributed by atoms with Gasteiger partial charge in [-0.1, -0.05) is 19.9 Å². The third-order valence-electron chi connectivity index (χ3n) is 3.26. The van der Waals surface area contributed by atoms with E-state index in [9.17, 15) is 0 Å². The highest BCUT2D eigenvalue weighted by atomic mass is 16.5. The van der Waals surface area contributed by atoms with Crippen LogP contribution in [0.25, 0.3) is 0 Å². The molecule has 0 amide bonds. The average molecular weight is 304 g/mol. The summed E-state index contributed by atoms with van der Waals surface area (Å²) in [5, 5.41) is 7.11. The maximum absolute atomic E-state index is 6.29. The number of aromatic amines is 1. The van der Waals surface area contributed by atoms with Gasteiger partial charge in [-0.15, -0.1) is 0 Å². The zero-order valence-electron chi connectivity index (χ0n) is 13.6. The van der Waals surface area contributed by atoms with Crippen molar-refractivity contribution in [1.82, 2.24) is 15.2 Å². The van der Waals surface area contributed by atoms with Crippen molar-refractivity contribution in [2.45, 2.75) is 39.7 Å². The molecule has 2 rings (SSSR count). The van der Waals surface area contributed by atoms with Crippen molar-refractivity contribution in [1.29, 1.82) is 0 Å². The van der Waals surface area contributed by atoms with E-state index in [0.717, 1.165) is 17.1 Å². The molecular formula is C16H24N4O2. The number of benzene rings is 1. The molecule has 1 aromatic heterocycles. The van der Waals surface area contributed by atoms with Crippen molar-refractivity contribution in [2.75, 3.05) is 13.2 Å². The Morgan fingerprint density at radius 2 is 1.82 bits per heavy atom. The largest absolute Gasteiger partial charge is 0.490 e. The molecule has 0 unspecified atom stereocenters. The predicted molar refractivity (Wildman–Crippen MR) is 85.3 cm³/mol. The lowest BCUT2D eigenvalue weighted by atomic mass is 10.1. The van der Waals surface area contributed by atoms with Gasteiger partial charge in [0.2, 0.25) is 0 Å². The number of H-pyrrole nitrogens is 1. The van der Waals surface area contributed by atoms with Gasteiger partial charge in [0.25, 0.3) is 0 Å². The minimum atomic E-state index is -0.380. The van der Waals surface area contributed by atoms with E-state index < -0.39 is 0 Å². The van der Waals surface area contributed by atoms with E-state index in [0.29, 0.717) is 24.8 Å². The van der Waals surface area contributed by atoms with E-state index in [1.165, 1.54) is 0 Å². The Bertz CT molecular complexity index is 610. The SMILES string of the molecule is CCOc1ccc([C@H](N)c2nc(C(C)C)n[nH]2)cc1OCC. The van der Waals surface area contributed by atoms with Crippen molar-refractivity contribution in [3.8, 4) is 11.5 Å². The number of nitrogens with two attached hydrogens (primary N) is 1. The molecule has 0 radical (unpaired) electrons. The average Bonchev–Trinajstić information content (AvgIpc) is 2.99. The van der Waals surface area contributed by atoms with Crippen molar-refractivity contribution in [3.05, 3.63) is 35.4 Å². The number of rotatable bonds is 7. The Labute approximate surface area is 131 Å². The monoisotopic (exact) mass is 304 g/mol. The maximum atomic E-state index is 6.29. The molecule has 2 aromatic rings. The van der Waals surface area contributed by atoms with Crippen LogP contribution in [0.2, 0.25) is 0 Å². The van der Waals surface area contributed by atoms with E-state index in [1.54, 1.807) is 0 Å². The molecule has 1 aromatic carbocycles. The number of aromatic nitrogens is 3. The quantitative estimate of drug-likeness (QED) is 0.821. The summed E-state index contributed by atoms with van der Waals surface area (Å²) in [4.78, 5) is 4.46. The van der Waals surface area contributed by atoms with Crippen molar-refractivity contribution in [3.63, 3.8) is 0 Å². The Morgan fingerprint density at radius 1 is 1.14 bits per heavy atom. The van der Waals surface area contributed by atoms with E-state index in [4.69, 9.17) is 15.2 Å². The standard InChI is InChI=1S/C16H24N4O2/c1-5-21-12-8-7-11(9-13(12)22-6-2)14(17)16-18-15(10(3)4)19-20-16/h7-10,14H,5-6,17H2,1-4H3,(H,18,19,20)/t14-/m0/s1. The molecule has 0 aliphatic heterocycles. The number of nitrogens with zero attached hydrogens (tertiary/aromatic N) is 2. The number of hydrogen-bond donors (Lipinski definition) is 2. The lowest BCUT2D eigenvalue weighted by Crippen LogP contribution is -2.14. The van der Waals surface area contributed by atoms with Gasteiger partial charge >= 0.3 is 0 Å². The third kappa shape index (κ3) is 3.57. The second kappa shape index (κ2) is 7.26.